The van der Waals surface area contributed by atoms with Crippen molar-refractivity contribution in [3.63, 3.8) is 0 Å². The lowest BCUT2D eigenvalue weighted by Gasteiger charge is -2.10. The molecule has 0 aliphatic heterocycles. The lowest BCUT2D eigenvalue weighted by Crippen LogP contribution is -2.29. The minimum Gasteiger partial charge on any atom is -0.318 e. The Hall–Kier alpha value is -4.24. The molecule has 1 heterocycles. The number of hydrogen-bond acceptors (Lipinski definition) is 4. The van der Waals surface area contributed by atoms with Crippen molar-refractivity contribution < 1.29 is 22.8 Å². The summed E-state index contributed by atoms with van der Waals surface area (Å²) in [5.41, 5.74) is 5.84. The summed E-state index contributed by atoms with van der Waals surface area (Å²) in [5, 5.41) is 7.13. The minimum absolute atomic E-state index is 0.0177. The second kappa shape index (κ2) is 10.2. The van der Waals surface area contributed by atoms with Crippen LogP contribution >= 0.6 is 11.6 Å². The normalized spacial score (nSPS) is 11.9. The van der Waals surface area contributed by atoms with Crippen LogP contribution < -0.4 is 10.7 Å². The molecule has 0 saturated carbocycles. The molecule has 0 saturated heterocycles. The molecule has 0 aliphatic carbocycles. The number of nitrogens with zero attached hydrogens (tertiary/aromatic N) is 2. The Balaban J connectivity index is 1.56. The molecule has 0 unspecified atom stereocenters. The van der Waals surface area contributed by atoms with Gasteiger partial charge in [-0.1, -0.05) is 54.1 Å². The first-order chi connectivity index (χ1) is 17.1. The summed E-state index contributed by atoms with van der Waals surface area (Å²) < 4.78 is 37.2. The van der Waals surface area contributed by atoms with Gasteiger partial charge in [0.1, 0.15) is 0 Å². The van der Waals surface area contributed by atoms with Crippen molar-refractivity contribution in [1.29, 1.82) is 0 Å². The molecule has 0 aliphatic rings. The van der Waals surface area contributed by atoms with E-state index >= 15 is 0 Å². The van der Waals surface area contributed by atoms with E-state index in [0.29, 0.717) is 38.5 Å². The number of amides is 2. The van der Waals surface area contributed by atoms with Crippen molar-refractivity contribution >= 4 is 45.7 Å². The first-order valence-corrected chi connectivity index (χ1v) is 11.0. The Morgan fingerprint density at radius 2 is 1.61 bits per heavy atom. The van der Waals surface area contributed by atoms with Gasteiger partial charge in [-0.05, 0) is 48.9 Å². The van der Waals surface area contributed by atoms with E-state index < -0.39 is 18.0 Å². The fraction of sp³-hybridized carbons (Fsp3) is 0.0769. The van der Waals surface area contributed by atoms with Gasteiger partial charge in [0.25, 0.3) is 5.91 Å². The molecule has 4 aromatic rings. The molecular weight excluding hydrogens is 493 g/mol. The van der Waals surface area contributed by atoms with E-state index in [1.165, 1.54) is 24.3 Å². The second-order valence-corrected chi connectivity index (χ2v) is 8.18. The van der Waals surface area contributed by atoms with Crippen LogP contribution in [0.15, 0.2) is 84.0 Å². The zero-order valence-corrected chi connectivity index (χ0v) is 19.5. The molecule has 0 radical (unpaired) electrons. The number of carbonyl (C=O) groups is 2. The van der Waals surface area contributed by atoms with Crippen molar-refractivity contribution in [1.82, 2.24) is 10.4 Å². The maximum absolute atomic E-state index is 13.1. The maximum atomic E-state index is 13.1. The van der Waals surface area contributed by atoms with Crippen LogP contribution in [0.5, 0.6) is 0 Å². The summed E-state index contributed by atoms with van der Waals surface area (Å²) in [6.07, 6.45) is -4.98. The van der Waals surface area contributed by atoms with Crippen LogP contribution in [0.25, 0.3) is 22.2 Å². The van der Waals surface area contributed by atoms with Crippen molar-refractivity contribution in [2.24, 2.45) is 5.10 Å². The summed E-state index contributed by atoms with van der Waals surface area (Å²) in [6.45, 7) is 1.63. The fourth-order valence-corrected chi connectivity index (χ4v) is 3.51. The number of benzene rings is 3. The highest BCUT2D eigenvalue weighted by Gasteiger charge is 2.38. The van der Waals surface area contributed by atoms with Gasteiger partial charge < -0.3 is 5.32 Å². The second-order valence-electron chi connectivity index (χ2n) is 7.75. The molecule has 2 amide bonds. The Labute approximate surface area is 208 Å². The average Bonchev–Trinajstić information content (AvgIpc) is 2.86. The van der Waals surface area contributed by atoms with Gasteiger partial charge in [0.15, 0.2) is 0 Å². The van der Waals surface area contributed by atoms with E-state index in [1.54, 1.807) is 48.6 Å². The summed E-state index contributed by atoms with van der Waals surface area (Å²) in [6, 6.07) is 21.6. The number of anilines is 1. The smallest absolute Gasteiger partial charge is 0.318 e. The lowest BCUT2D eigenvalue weighted by molar-refractivity contribution is -0.167. The van der Waals surface area contributed by atoms with Crippen molar-refractivity contribution in [2.45, 2.75) is 13.1 Å². The van der Waals surface area contributed by atoms with Crippen LogP contribution in [0.2, 0.25) is 5.02 Å². The van der Waals surface area contributed by atoms with E-state index in [4.69, 9.17) is 11.6 Å². The predicted molar refractivity (Wildman–Crippen MR) is 133 cm³/mol. The van der Waals surface area contributed by atoms with Crippen LogP contribution in [0.3, 0.4) is 0 Å². The summed E-state index contributed by atoms with van der Waals surface area (Å²) in [5.74, 6) is -2.52. The predicted octanol–water partition coefficient (Wildman–Crippen LogP) is 6.21. The lowest BCUT2D eigenvalue weighted by atomic mass is 10.0. The molecule has 10 heteroatoms. The molecule has 3 aromatic carbocycles. The number of pyridine rings is 1. The van der Waals surface area contributed by atoms with Gasteiger partial charge in [-0.25, -0.2) is 10.4 Å². The molecule has 4 rings (SSSR count). The van der Waals surface area contributed by atoms with Gasteiger partial charge in [-0.2, -0.15) is 18.3 Å². The molecule has 0 spiro atoms. The Kier molecular flexibility index (Phi) is 7.03. The van der Waals surface area contributed by atoms with Gasteiger partial charge in [0, 0.05) is 21.7 Å². The molecular formula is C26H18ClF3N4O2. The van der Waals surface area contributed by atoms with E-state index in [1.807, 2.05) is 18.2 Å². The first-order valence-electron chi connectivity index (χ1n) is 10.6. The number of halogens is 4. The summed E-state index contributed by atoms with van der Waals surface area (Å²) >= 11 is 5.98. The molecule has 36 heavy (non-hydrogen) atoms. The van der Waals surface area contributed by atoms with Crippen LogP contribution in [0.4, 0.5) is 18.9 Å². The third kappa shape index (κ3) is 5.69. The summed E-state index contributed by atoms with van der Waals surface area (Å²) in [4.78, 5) is 28.8. The Morgan fingerprint density at radius 1 is 0.944 bits per heavy atom. The van der Waals surface area contributed by atoms with Gasteiger partial charge >= 0.3 is 12.1 Å². The standard InChI is InChI=1S/C26H18ClF3N4O2/c1-15(16-8-12-19(13-9-16)31-25(36)26(28,29)30)33-34-24(35)21-14-23(17-6-10-18(27)11-7-17)32-22-5-3-2-4-20(21)22/h2-14H,1H3,(H,31,36)(H,34,35). The largest absolute Gasteiger partial charge is 0.471 e. The van der Waals surface area contributed by atoms with Crippen molar-refractivity contribution in [3.05, 3.63) is 95.0 Å². The Morgan fingerprint density at radius 3 is 2.28 bits per heavy atom. The number of alkyl halides is 3. The number of fused-ring (bicyclic) bond motifs is 1. The zero-order chi connectivity index (χ0) is 25.9. The van der Waals surface area contributed by atoms with Gasteiger partial charge in [0.05, 0.1) is 22.5 Å². The molecule has 2 N–H and O–H groups in total. The minimum atomic E-state index is -4.98. The van der Waals surface area contributed by atoms with Crippen LogP contribution in [-0.4, -0.2) is 28.7 Å². The summed E-state index contributed by atoms with van der Waals surface area (Å²) in [7, 11) is 0. The number of para-hydroxylation sites is 1. The fourth-order valence-electron chi connectivity index (χ4n) is 3.39. The van der Waals surface area contributed by atoms with E-state index in [0.717, 1.165) is 5.56 Å². The van der Waals surface area contributed by atoms with E-state index in [-0.39, 0.29) is 5.69 Å². The maximum Gasteiger partial charge on any atom is 0.471 e. The van der Waals surface area contributed by atoms with Gasteiger partial charge in [-0.3, -0.25) is 9.59 Å². The van der Waals surface area contributed by atoms with E-state index in [9.17, 15) is 22.8 Å². The highest BCUT2D eigenvalue weighted by molar-refractivity contribution is 6.30. The number of hydrogen-bond donors (Lipinski definition) is 2. The monoisotopic (exact) mass is 510 g/mol. The molecule has 0 atom stereocenters. The van der Waals surface area contributed by atoms with Crippen LogP contribution in [-0.2, 0) is 4.79 Å². The molecule has 182 valence electrons. The number of aromatic nitrogens is 1. The highest BCUT2D eigenvalue weighted by atomic mass is 35.5. The van der Waals surface area contributed by atoms with Crippen molar-refractivity contribution in [2.75, 3.05) is 5.32 Å². The van der Waals surface area contributed by atoms with Gasteiger partial charge in [-0.15, -0.1) is 0 Å². The topological polar surface area (TPSA) is 83.4 Å². The first kappa shape index (κ1) is 24.9. The number of hydrazone groups is 1. The molecule has 1 aromatic heterocycles. The average molecular weight is 511 g/mol. The molecule has 0 fully saturated rings. The molecule has 0 bridgehead atoms. The third-order valence-corrected chi connectivity index (χ3v) is 5.50. The number of nitrogens with one attached hydrogen (secondary N) is 2. The van der Waals surface area contributed by atoms with Gasteiger partial charge in [0.2, 0.25) is 0 Å². The van der Waals surface area contributed by atoms with E-state index in [2.05, 4.69) is 15.5 Å². The van der Waals surface area contributed by atoms with Crippen LogP contribution in [0.1, 0.15) is 22.8 Å². The number of rotatable bonds is 5. The third-order valence-electron chi connectivity index (χ3n) is 5.24. The highest BCUT2D eigenvalue weighted by Crippen LogP contribution is 2.26. The van der Waals surface area contributed by atoms with Crippen LogP contribution in [0, 0.1) is 0 Å². The zero-order valence-electron chi connectivity index (χ0n) is 18.7. The Bertz CT molecular complexity index is 1470. The quantitative estimate of drug-likeness (QED) is 0.247. The van der Waals surface area contributed by atoms with Crippen molar-refractivity contribution in [3.8, 4) is 11.3 Å². The molecule has 6 nitrogen and oxygen atoms in total. The SMILES string of the molecule is CC(=NNC(=O)c1cc(-c2ccc(Cl)cc2)nc2ccccc12)c1ccc(NC(=O)C(F)(F)F)cc1. The number of carbonyl (C=O) groups excluding carboxylic acids is 2.